The van der Waals surface area contributed by atoms with E-state index in [0.29, 0.717) is 33.7 Å². The first-order valence-corrected chi connectivity index (χ1v) is 11.3. The molecule has 0 spiro atoms. The van der Waals surface area contributed by atoms with Crippen molar-refractivity contribution in [2.45, 2.75) is 18.7 Å². The van der Waals surface area contributed by atoms with Crippen LogP contribution >= 0.6 is 23.4 Å². The fraction of sp³-hybridized carbons (Fsp3) is 0.120. The Labute approximate surface area is 196 Å². The lowest BCUT2D eigenvalue weighted by atomic mass is 10.2. The fourth-order valence-corrected chi connectivity index (χ4v) is 4.38. The zero-order chi connectivity index (χ0) is 22.7. The van der Waals surface area contributed by atoms with Gasteiger partial charge in [-0.1, -0.05) is 59.8 Å². The molecule has 162 valence electrons. The summed E-state index contributed by atoms with van der Waals surface area (Å²) in [6, 6.07) is 21.9. The first-order valence-electron chi connectivity index (χ1n) is 10.1. The predicted molar refractivity (Wildman–Crippen MR) is 129 cm³/mol. The lowest BCUT2D eigenvalue weighted by molar-refractivity contribution is -0.120. The molecule has 0 radical (unpaired) electrons. The quantitative estimate of drug-likeness (QED) is 0.432. The second kappa shape index (κ2) is 9.51. The van der Waals surface area contributed by atoms with Gasteiger partial charge in [0.15, 0.2) is 0 Å². The lowest BCUT2D eigenvalue weighted by Gasteiger charge is -2.17. The molecule has 1 heterocycles. The van der Waals surface area contributed by atoms with Gasteiger partial charge in [0.25, 0.3) is 11.8 Å². The van der Waals surface area contributed by atoms with Crippen LogP contribution in [0.2, 0.25) is 5.02 Å². The van der Waals surface area contributed by atoms with Crippen LogP contribution in [0.4, 0.5) is 11.4 Å². The van der Waals surface area contributed by atoms with Crippen molar-refractivity contribution in [1.29, 1.82) is 0 Å². The maximum absolute atomic E-state index is 13.5. The van der Waals surface area contributed by atoms with Crippen molar-refractivity contribution in [3.05, 3.63) is 94.0 Å². The van der Waals surface area contributed by atoms with Gasteiger partial charge in [-0.2, -0.15) is 0 Å². The Morgan fingerprint density at radius 1 is 0.969 bits per heavy atom. The highest BCUT2D eigenvalue weighted by molar-refractivity contribution is 8.04. The molecule has 0 unspecified atom stereocenters. The number of hydrogen-bond donors (Lipinski definition) is 1. The van der Waals surface area contributed by atoms with Gasteiger partial charge < -0.3 is 10.1 Å². The van der Waals surface area contributed by atoms with E-state index in [4.69, 9.17) is 16.3 Å². The Morgan fingerprint density at radius 3 is 2.41 bits per heavy atom. The van der Waals surface area contributed by atoms with Gasteiger partial charge in [0.05, 0.1) is 18.0 Å². The zero-order valence-corrected chi connectivity index (χ0v) is 19.2. The third-order valence-corrected chi connectivity index (χ3v) is 6.36. The fourth-order valence-electron chi connectivity index (χ4n) is 3.26. The van der Waals surface area contributed by atoms with E-state index in [-0.39, 0.29) is 5.70 Å². The standard InChI is InChI=1S/C25H21ClN2O3S/c1-3-31-21-12-8-7-11-20(21)27-22-23(32-18-9-5-4-6-10-18)25(30)28(24(22)29)17-14-13-16(2)19(26)15-17/h4-15,27H,3H2,1-2H3. The Morgan fingerprint density at radius 2 is 1.69 bits per heavy atom. The van der Waals surface area contributed by atoms with Crippen molar-refractivity contribution in [1.82, 2.24) is 0 Å². The molecular formula is C25H21ClN2O3S. The normalized spacial score (nSPS) is 13.7. The van der Waals surface area contributed by atoms with Crippen molar-refractivity contribution in [2.24, 2.45) is 0 Å². The number of rotatable bonds is 7. The highest BCUT2D eigenvalue weighted by Crippen LogP contribution is 2.39. The van der Waals surface area contributed by atoms with Crippen molar-refractivity contribution in [3.63, 3.8) is 0 Å². The number of imide groups is 1. The van der Waals surface area contributed by atoms with E-state index in [1.54, 1.807) is 18.2 Å². The molecule has 32 heavy (non-hydrogen) atoms. The topological polar surface area (TPSA) is 58.6 Å². The summed E-state index contributed by atoms with van der Waals surface area (Å²) in [5, 5.41) is 3.65. The number of aryl methyl sites for hydroxylation is 1. The summed E-state index contributed by atoms with van der Waals surface area (Å²) in [5.74, 6) is -0.247. The summed E-state index contributed by atoms with van der Waals surface area (Å²) in [6.07, 6.45) is 0. The van der Waals surface area contributed by atoms with E-state index in [2.05, 4.69) is 5.32 Å². The number of carbonyl (C=O) groups excluding carboxylic acids is 2. The van der Waals surface area contributed by atoms with Crippen LogP contribution in [0.5, 0.6) is 5.75 Å². The first kappa shape index (κ1) is 22.0. The molecule has 2 amide bonds. The maximum Gasteiger partial charge on any atom is 0.283 e. The van der Waals surface area contributed by atoms with Gasteiger partial charge in [-0.15, -0.1) is 0 Å². The minimum Gasteiger partial charge on any atom is -0.492 e. The average Bonchev–Trinajstić information content (AvgIpc) is 3.02. The molecule has 4 rings (SSSR count). The van der Waals surface area contributed by atoms with E-state index < -0.39 is 11.8 Å². The number of hydrogen-bond acceptors (Lipinski definition) is 5. The molecule has 0 aliphatic carbocycles. The number of para-hydroxylation sites is 2. The molecule has 1 N–H and O–H groups in total. The van der Waals surface area contributed by atoms with Crippen LogP contribution < -0.4 is 15.0 Å². The molecule has 3 aromatic rings. The molecule has 1 aliphatic rings. The van der Waals surface area contributed by atoms with Gasteiger partial charge >= 0.3 is 0 Å². The van der Waals surface area contributed by atoms with Crippen LogP contribution in [0.15, 0.2) is 88.3 Å². The average molecular weight is 465 g/mol. The lowest BCUT2D eigenvalue weighted by Crippen LogP contribution is -2.32. The van der Waals surface area contributed by atoms with Gasteiger partial charge in [-0.3, -0.25) is 9.59 Å². The Kier molecular flexibility index (Phi) is 6.53. The van der Waals surface area contributed by atoms with Crippen molar-refractivity contribution in [2.75, 3.05) is 16.8 Å². The van der Waals surface area contributed by atoms with E-state index in [9.17, 15) is 9.59 Å². The van der Waals surface area contributed by atoms with E-state index >= 15 is 0 Å². The van der Waals surface area contributed by atoms with E-state index in [0.717, 1.165) is 15.4 Å². The minimum atomic E-state index is -0.445. The number of halogens is 1. The van der Waals surface area contributed by atoms with Crippen LogP contribution in [0.3, 0.4) is 0 Å². The second-order valence-electron chi connectivity index (χ2n) is 7.05. The molecule has 0 atom stereocenters. The SMILES string of the molecule is CCOc1ccccc1NC1=C(Sc2ccccc2)C(=O)N(c2ccc(C)c(Cl)c2)C1=O. The summed E-state index contributed by atoms with van der Waals surface area (Å²) in [7, 11) is 0. The first-order chi connectivity index (χ1) is 15.5. The number of nitrogens with one attached hydrogen (secondary N) is 1. The van der Waals surface area contributed by atoms with Gasteiger partial charge in [0.1, 0.15) is 16.4 Å². The summed E-state index contributed by atoms with van der Waals surface area (Å²) < 4.78 is 5.68. The van der Waals surface area contributed by atoms with E-state index in [1.165, 1.54) is 11.8 Å². The minimum absolute atomic E-state index is 0.202. The molecule has 5 nitrogen and oxygen atoms in total. The van der Waals surface area contributed by atoms with Gasteiger partial charge in [-0.05, 0) is 55.8 Å². The number of thioether (sulfide) groups is 1. The summed E-state index contributed by atoms with van der Waals surface area (Å²) in [6.45, 7) is 4.23. The molecule has 0 aromatic heterocycles. The molecule has 3 aromatic carbocycles. The van der Waals surface area contributed by atoms with E-state index in [1.807, 2.05) is 68.4 Å². The van der Waals surface area contributed by atoms with Crippen LogP contribution in [0.1, 0.15) is 12.5 Å². The van der Waals surface area contributed by atoms with Crippen LogP contribution in [-0.2, 0) is 9.59 Å². The molecule has 0 saturated heterocycles. The smallest absolute Gasteiger partial charge is 0.283 e. The number of ether oxygens (including phenoxy) is 1. The summed E-state index contributed by atoms with van der Waals surface area (Å²) in [4.78, 5) is 29.2. The summed E-state index contributed by atoms with van der Waals surface area (Å²) >= 11 is 7.52. The number of benzene rings is 3. The molecule has 1 aliphatic heterocycles. The highest BCUT2D eigenvalue weighted by Gasteiger charge is 2.40. The maximum atomic E-state index is 13.5. The van der Waals surface area contributed by atoms with Crippen LogP contribution in [0.25, 0.3) is 0 Å². The largest absolute Gasteiger partial charge is 0.492 e. The van der Waals surface area contributed by atoms with Crippen LogP contribution in [-0.4, -0.2) is 18.4 Å². The number of nitrogens with zero attached hydrogens (tertiary/aromatic N) is 1. The van der Waals surface area contributed by atoms with Gasteiger partial charge in [-0.25, -0.2) is 4.90 Å². The second-order valence-corrected chi connectivity index (χ2v) is 8.54. The number of carbonyl (C=O) groups is 2. The Bertz CT molecular complexity index is 1210. The van der Waals surface area contributed by atoms with Gasteiger partial charge in [0, 0.05) is 9.92 Å². The Hall–Kier alpha value is -3.22. The molecule has 0 fully saturated rings. The number of anilines is 2. The predicted octanol–water partition coefficient (Wildman–Crippen LogP) is 6.04. The van der Waals surface area contributed by atoms with Crippen molar-refractivity contribution in [3.8, 4) is 5.75 Å². The molecule has 0 saturated carbocycles. The highest BCUT2D eigenvalue weighted by atomic mass is 35.5. The van der Waals surface area contributed by atoms with Crippen molar-refractivity contribution >= 4 is 46.6 Å². The van der Waals surface area contributed by atoms with Gasteiger partial charge in [0.2, 0.25) is 0 Å². The summed E-state index contributed by atoms with van der Waals surface area (Å²) in [5.41, 5.74) is 2.11. The third-order valence-electron chi connectivity index (χ3n) is 4.86. The molecule has 0 bridgehead atoms. The van der Waals surface area contributed by atoms with Crippen LogP contribution in [0, 0.1) is 6.92 Å². The zero-order valence-electron chi connectivity index (χ0n) is 17.6. The third kappa shape index (κ3) is 4.38. The Balaban J connectivity index is 1.77. The molecular weight excluding hydrogens is 444 g/mol. The molecule has 7 heteroatoms. The number of amides is 2. The monoisotopic (exact) mass is 464 g/mol. The van der Waals surface area contributed by atoms with Crippen molar-refractivity contribution < 1.29 is 14.3 Å².